The van der Waals surface area contributed by atoms with Crippen molar-refractivity contribution >= 4 is 11.6 Å². The lowest BCUT2D eigenvalue weighted by atomic mass is 9.94. The summed E-state index contributed by atoms with van der Waals surface area (Å²) in [4.78, 5) is 23.1. The Balaban J connectivity index is 2.21. The SMILES string of the molecule is CC(=O)C1CCC(c2ccccc2)C1=O. The highest BCUT2D eigenvalue weighted by Gasteiger charge is 2.37. The van der Waals surface area contributed by atoms with Crippen LogP contribution < -0.4 is 0 Å². The van der Waals surface area contributed by atoms with Crippen molar-refractivity contribution in [3.8, 4) is 0 Å². The summed E-state index contributed by atoms with van der Waals surface area (Å²) in [5.74, 6) is -0.289. The fourth-order valence-corrected chi connectivity index (χ4v) is 2.28. The topological polar surface area (TPSA) is 34.1 Å². The molecular formula is C13H14O2. The largest absolute Gasteiger partial charge is 0.299 e. The number of benzene rings is 1. The van der Waals surface area contributed by atoms with E-state index in [9.17, 15) is 9.59 Å². The van der Waals surface area contributed by atoms with Gasteiger partial charge in [-0.05, 0) is 25.3 Å². The fraction of sp³-hybridized carbons (Fsp3) is 0.385. The summed E-state index contributed by atoms with van der Waals surface area (Å²) >= 11 is 0. The normalized spacial score (nSPS) is 25.5. The molecule has 1 aliphatic carbocycles. The van der Waals surface area contributed by atoms with Gasteiger partial charge in [-0.3, -0.25) is 9.59 Å². The summed E-state index contributed by atoms with van der Waals surface area (Å²) in [5.41, 5.74) is 1.05. The van der Waals surface area contributed by atoms with Gasteiger partial charge in [0.2, 0.25) is 0 Å². The minimum Gasteiger partial charge on any atom is -0.299 e. The van der Waals surface area contributed by atoms with E-state index in [1.807, 2.05) is 30.3 Å². The van der Waals surface area contributed by atoms with E-state index in [2.05, 4.69) is 0 Å². The van der Waals surface area contributed by atoms with Crippen LogP contribution in [0.1, 0.15) is 31.2 Å². The van der Waals surface area contributed by atoms with Gasteiger partial charge in [0, 0.05) is 5.92 Å². The first kappa shape index (κ1) is 10.1. The zero-order valence-electron chi connectivity index (χ0n) is 8.77. The minimum atomic E-state index is -0.352. The molecule has 1 fully saturated rings. The zero-order chi connectivity index (χ0) is 10.8. The van der Waals surface area contributed by atoms with Crippen LogP contribution in [0.3, 0.4) is 0 Å². The van der Waals surface area contributed by atoms with Gasteiger partial charge in [0.1, 0.15) is 5.78 Å². The predicted octanol–water partition coefficient (Wildman–Crippen LogP) is 2.34. The van der Waals surface area contributed by atoms with E-state index in [0.29, 0.717) is 6.42 Å². The van der Waals surface area contributed by atoms with Crippen LogP contribution in [0.25, 0.3) is 0 Å². The molecule has 0 radical (unpaired) electrons. The first-order chi connectivity index (χ1) is 7.20. The number of carbonyl (C=O) groups excluding carboxylic acids is 2. The van der Waals surface area contributed by atoms with Crippen molar-refractivity contribution in [2.24, 2.45) is 5.92 Å². The predicted molar refractivity (Wildman–Crippen MR) is 57.6 cm³/mol. The van der Waals surface area contributed by atoms with E-state index in [-0.39, 0.29) is 23.4 Å². The van der Waals surface area contributed by atoms with Crippen LogP contribution in [-0.4, -0.2) is 11.6 Å². The van der Waals surface area contributed by atoms with Crippen LogP contribution in [0.4, 0.5) is 0 Å². The molecule has 2 atom stereocenters. The number of carbonyl (C=O) groups is 2. The monoisotopic (exact) mass is 202 g/mol. The van der Waals surface area contributed by atoms with E-state index in [4.69, 9.17) is 0 Å². The van der Waals surface area contributed by atoms with Crippen molar-refractivity contribution in [3.63, 3.8) is 0 Å². The first-order valence-electron chi connectivity index (χ1n) is 5.29. The van der Waals surface area contributed by atoms with Crippen molar-refractivity contribution in [3.05, 3.63) is 35.9 Å². The summed E-state index contributed by atoms with van der Waals surface area (Å²) in [7, 11) is 0. The summed E-state index contributed by atoms with van der Waals surface area (Å²) in [5, 5.41) is 0. The standard InChI is InChI=1S/C13H14O2/c1-9(14)11-7-8-12(13(11)15)10-5-3-2-4-6-10/h2-6,11-12H,7-8H2,1H3. The molecule has 0 heterocycles. The summed E-state index contributed by atoms with van der Waals surface area (Å²) in [6.07, 6.45) is 1.53. The molecule has 0 saturated heterocycles. The fourth-order valence-electron chi connectivity index (χ4n) is 2.28. The molecule has 2 rings (SSSR count). The molecule has 2 unspecified atom stereocenters. The average Bonchev–Trinajstić information content (AvgIpc) is 2.61. The Morgan fingerprint density at radius 3 is 2.40 bits per heavy atom. The maximum atomic E-state index is 11.9. The third kappa shape index (κ3) is 1.84. The van der Waals surface area contributed by atoms with Crippen LogP contribution in [0, 0.1) is 5.92 Å². The Morgan fingerprint density at radius 2 is 1.87 bits per heavy atom. The van der Waals surface area contributed by atoms with Crippen molar-refractivity contribution in [2.45, 2.75) is 25.7 Å². The van der Waals surface area contributed by atoms with E-state index < -0.39 is 0 Å². The smallest absolute Gasteiger partial charge is 0.150 e. The van der Waals surface area contributed by atoms with Crippen LogP contribution in [0.5, 0.6) is 0 Å². The number of hydrogen-bond acceptors (Lipinski definition) is 2. The second-order valence-corrected chi connectivity index (χ2v) is 4.11. The maximum Gasteiger partial charge on any atom is 0.150 e. The van der Waals surface area contributed by atoms with Gasteiger partial charge in [0.25, 0.3) is 0 Å². The molecule has 0 N–H and O–H groups in total. The quantitative estimate of drug-likeness (QED) is 0.690. The molecule has 0 amide bonds. The Hall–Kier alpha value is -1.44. The Kier molecular flexibility index (Phi) is 2.67. The summed E-state index contributed by atoms with van der Waals surface area (Å²) in [6.45, 7) is 1.51. The lowest BCUT2D eigenvalue weighted by Gasteiger charge is -2.08. The Morgan fingerprint density at radius 1 is 1.20 bits per heavy atom. The van der Waals surface area contributed by atoms with E-state index >= 15 is 0 Å². The van der Waals surface area contributed by atoms with Gasteiger partial charge in [-0.25, -0.2) is 0 Å². The van der Waals surface area contributed by atoms with Crippen molar-refractivity contribution < 1.29 is 9.59 Å². The van der Waals surface area contributed by atoms with Crippen LogP contribution in [-0.2, 0) is 9.59 Å². The highest BCUT2D eigenvalue weighted by molar-refractivity contribution is 6.05. The molecule has 0 aliphatic heterocycles. The maximum absolute atomic E-state index is 11.9. The molecule has 0 aromatic heterocycles. The Labute approximate surface area is 89.3 Å². The van der Waals surface area contributed by atoms with Gasteiger partial charge >= 0.3 is 0 Å². The molecule has 15 heavy (non-hydrogen) atoms. The van der Waals surface area contributed by atoms with E-state index in [1.54, 1.807) is 0 Å². The van der Waals surface area contributed by atoms with Crippen LogP contribution in [0.15, 0.2) is 30.3 Å². The zero-order valence-corrected chi connectivity index (χ0v) is 8.77. The summed E-state index contributed by atoms with van der Waals surface area (Å²) in [6, 6.07) is 9.73. The van der Waals surface area contributed by atoms with Gasteiger partial charge in [-0.2, -0.15) is 0 Å². The minimum absolute atomic E-state index is 0.0124. The second-order valence-electron chi connectivity index (χ2n) is 4.11. The molecule has 0 spiro atoms. The number of rotatable bonds is 2. The van der Waals surface area contributed by atoms with E-state index in [0.717, 1.165) is 12.0 Å². The highest BCUT2D eigenvalue weighted by Crippen LogP contribution is 2.35. The first-order valence-corrected chi connectivity index (χ1v) is 5.29. The number of Topliss-reactive ketones (excluding diaryl/α,β-unsaturated/α-hetero) is 2. The molecule has 2 heteroatoms. The van der Waals surface area contributed by atoms with Crippen LogP contribution >= 0.6 is 0 Å². The van der Waals surface area contributed by atoms with Crippen molar-refractivity contribution in [1.82, 2.24) is 0 Å². The van der Waals surface area contributed by atoms with Gasteiger partial charge in [0.15, 0.2) is 5.78 Å². The van der Waals surface area contributed by atoms with E-state index in [1.165, 1.54) is 6.92 Å². The highest BCUT2D eigenvalue weighted by atomic mass is 16.2. The molecular weight excluding hydrogens is 188 g/mol. The number of ketones is 2. The average molecular weight is 202 g/mol. The molecule has 1 saturated carbocycles. The molecule has 2 nitrogen and oxygen atoms in total. The molecule has 0 bridgehead atoms. The van der Waals surface area contributed by atoms with Crippen molar-refractivity contribution in [2.75, 3.05) is 0 Å². The Bertz CT molecular complexity index is 381. The van der Waals surface area contributed by atoms with Crippen molar-refractivity contribution in [1.29, 1.82) is 0 Å². The summed E-state index contributed by atoms with van der Waals surface area (Å²) < 4.78 is 0. The second kappa shape index (κ2) is 3.97. The van der Waals surface area contributed by atoms with Gasteiger partial charge in [0.05, 0.1) is 5.92 Å². The molecule has 1 aliphatic rings. The molecule has 1 aromatic carbocycles. The molecule has 1 aromatic rings. The lowest BCUT2D eigenvalue weighted by Crippen LogP contribution is -2.19. The van der Waals surface area contributed by atoms with Gasteiger partial charge in [-0.15, -0.1) is 0 Å². The number of hydrogen-bond donors (Lipinski definition) is 0. The van der Waals surface area contributed by atoms with Gasteiger partial charge in [-0.1, -0.05) is 30.3 Å². The third-order valence-electron chi connectivity index (χ3n) is 3.12. The van der Waals surface area contributed by atoms with Gasteiger partial charge < -0.3 is 0 Å². The van der Waals surface area contributed by atoms with Crippen LogP contribution in [0.2, 0.25) is 0 Å². The third-order valence-corrected chi connectivity index (χ3v) is 3.12. The lowest BCUT2D eigenvalue weighted by molar-refractivity contribution is -0.130. The molecule has 78 valence electrons.